The number of aromatic nitrogens is 1. The lowest BCUT2D eigenvalue weighted by Crippen LogP contribution is -2.18. The molecule has 0 radical (unpaired) electrons. The summed E-state index contributed by atoms with van der Waals surface area (Å²) in [5.41, 5.74) is 1.21. The molecule has 0 amide bonds. The molecule has 4 heteroatoms. The van der Waals surface area contributed by atoms with Crippen LogP contribution in [0.15, 0.2) is 0 Å². The van der Waals surface area contributed by atoms with Gasteiger partial charge in [0.1, 0.15) is 0 Å². The molecular weight excluding hydrogens is 256 g/mol. The number of rotatable bonds is 5. The van der Waals surface area contributed by atoms with Crippen LogP contribution in [0.4, 0.5) is 0 Å². The Morgan fingerprint density at radius 2 is 2.32 bits per heavy atom. The Balaban J connectivity index is 1.74. The monoisotopic (exact) mass is 280 g/mol. The lowest BCUT2D eigenvalue weighted by molar-refractivity contribution is 0.101. The first kappa shape index (κ1) is 13.5. The summed E-state index contributed by atoms with van der Waals surface area (Å²) in [5.74, 6) is 0.564. The quantitative estimate of drug-likeness (QED) is 0.895. The van der Waals surface area contributed by atoms with Crippen LogP contribution in [0.2, 0.25) is 0 Å². The van der Waals surface area contributed by atoms with Gasteiger partial charge in [0.05, 0.1) is 22.9 Å². The average Bonchev–Trinajstić information content (AvgIpc) is 3.09. The second-order valence-corrected chi connectivity index (χ2v) is 6.96. The van der Waals surface area contributed by atoms with Crippen LogP contribution in [0.25, 0.3) is 0 Å². The number of hydrogen-bond donors (Lipinski definition) is 1. The first-order valence-corrected chi connectivity index (χ1v) is 8.36. The molecule has 1 aromatic rings. The van der Waals surface area contributed by atoms with E-state index >= 15 is 0 Å². The highest BCUT2D eigenvalue weighted by atomic mass is 32.1. The number of nitrogens with one attached hydrogen (secondary N) is 1. The van der Waals surface area contributed by atoms with Crippen molar-refractivity contribution in [2.24, 2.45) is 0 Å². The molecule has 4 atom stereocenters. The highest BCUT2D eigenvalue weighted by Crippen LogP contribution is 2.46. The van der Waals surface area contributed by atoms with Gasteiger partial charge in [0.2, 0.25) is 0 Å². The van der Waals surface area contributed by atoms with Gasteiger partial charge in [-0.05, 0) is 46.1 Å². The Bertz CT molecular complexity index is 445. The lowest BCUT2D eigenvalue weighted by Gasteiger charge is -2.15. The highest BCUT2D eigenvalue weighted by Gasteiger charge is 2.43. The zero-order valence-electron chi connectivity index (χ0n) is 12.1. The SMILES string of the molecule is CCCNC(C)c1sc(C2CC3CCC2O3)nc1C. The zero-order chi connectivity index (χ0) is 13.4. The normalized spacial score (nSPS) is 31.0. The van der Waals surface area contributed by atoms with Crippen LogP contribution in [-0.2, 0) is 4.74 Å². The molecule has 2 aliphatic heterocycles. The number of nitrogens with zero attached hydrogens (tertiary/aromatic N) is 1. The predicted octanol–water partition coefficient (Wildman–Crippen LogP) is 3.55. The number of hydrogen-bond acceptors (Lipinski definition) is 4. The molecule has 0 aliphatic carbocycles. The number of ether oxygens (including phenoxy) is 1. The van der Waals surface area contributed by atoms with Crippen LogP contribution >= 0.6 is 11.3 Å². The molecule has 3 heterocycles. The second-order valence-electron chi connectivity index (χ2n) is 5.89. The second kappa shape index (κ2) is 5.51. The van der Waals surface area contributed by atoms with Gasteiger partial charge < -0.3 is 10.1 Å². The van der Waals surface area contributed by atoms with Crippen molar-refractivity contribution in [1.29, 1.82) is 0 Å². The number of thiazole rings is 1. The summed E-state index contributed by atoms with van der Waals surface area (Å²) in [4.78, 5) is 6.25. The van der Waals surface area contributed by atoms with Crippen LogP contribution in [0.3, 0.4) is 0 Å². The average molecular weight is 280 g/mol. The Labute approximate surface area is 119 Å². The van der Waals surface area contributed by atoms with E-state index in [4.69, 9.17) is 9.72 Å². The van der Waals surface area contributed by atoms with E-state index in [0.717, 1.165) is 6.54 Å². The van der Waals surface area contributed by atoms with E-state index in [1.807, 2.05) is 11.3 Å². The van der Waals surface area contributed by atoms with Crippen molar-refractivity contribution in [3.05, 3.63) is 15.6 Å². The summed E-state index contributed by atoms with van der Waals surface area (Å²) in [6, 6.07) is 0.422. The van der Waals surface area contributed by atoms with Crippen LogP contribution in [0, 0.1) is 6.92 Å². The third-order valence-corrected chi connectivity index (χ3v) is 5.84. The Morgan fingerprint density at radius 1 is 1.47 bits per heavy atom. The van der Waals surface area contributed by atoms with Crippen molar-refractivity contribution < 1.29 is 4.74 Å². The van der Waals surface area contributed by atoms with Crippen molar-refractivity contribution in [3.8, 4) is 0 Å². The molecule has 2 saturated heterocycles. The zero-order valence-corrected chi connectivity index (χ0v) is 12.9. The molecule has 3 nitrogen and oxygen atoms in total. The Kier molecular flexibility index (Phi) is 3.92. The molecule has 1 aromatic heterocycles. The van der Waals surface area contributed by atoms with Crippen LogP contribution < -0.4 is 5.32 Å². The van der Waals surface area contributed by atoms with Crippen LogP contribution in [0.5, 0.6) is 0 Å². The fourth-order valence-corrected chi connectivity index (χ4v) is 4.60. The van der Waals surface area contributed by atoms with Gasteiger partial charge in [-0.2, -0.15) is 0 Å². The standard InChI is InChI=1S/C15H24N2OS/c1-4-7-16-9(2)14-10(3)17-15(19-14)12-8-11-5-6-13(12)18-11/h9,11-13,16H,4-8H2,1-3H3. The largest absolute Gasteiger partial charge is 0.374 e. The highest BCUT2D eigenvalue weighted by molar-refractivity contribution is 7.12. The summed E-state index contributed by atoms with van der Waals surface area (Å²) in [7, 11) is 0. The van der Waals surface area contributed by atoms with Gasteiger partial charge in [-0.1, -0.05) is 6.92 Å². The van der Waals surface area contributed by atoms with Crippen molar-refractivity contribution in [1.82, 2.24) is 10.3 Å². The van der Waals surface area contributed by atoms with Crippen LogP contribution in [0.1, 0.15) is 67.1 Å². The summed E-state index contributed by atoms with van der Waals surface area (Å²) in [6.07, 6.45) is 5.81. The van der Waals surface area contributed by atoms with E-state index in [9.17, 15) is 0 Å². The van der Waals surface area contributed by atoms with Gasteiger partial charge in [-0.25, -0.2) is 4.98 Å². The smallest absolute Gasteiger partial charge is 0.0989 e. The van der Waals surface area contributed by atoms with E-state index in [1.165, 1.54) is 41.3 Å². The van der Waals surface area contributed by atoms with Crippen molar-refractivity contribution in [2.75, 3.05) is 6.54 Å². The molecule has 106 valence electrons. The summed E-state index contributed by atoms with van der Waals surface area (Å²) < 4.78 is 5.96. The van der Waals surface area contributed by atoms with Gasteiger partial charge in [0, 0.05) is 16.8 Å². The molecule has 0 saturated carbocycles. The summed E-state index contributed by atoms with van der Waals surface area (Å²) in [5, 5.41) is 4.88. The first-order valence-electron chi connectivity index (χ1n) is 7.55. The minimum atomic E-state index is 0.422. The first-order chi connectivity index (χ1) is 9.19. The molecule has 2 bridgehead atoms. The minimum absolute atomic E-state index is 0.422. The lowest BCUT2D eigenvalue weighted by atomic mass is 9.90. The third-order valence-electron chi connectivity index (χ3n) is 4.37. The fourth-order valence-electron chi connectivity index (χ4n) is 3.34. The van der Waals surface area contributed by atoms with E-state index < -0.39 is 0 Å². The van der Waals surface area contributed by atoms with Gasteiger partial charge in [0.15, 0.2) is 0 Å². The molecule has 3 rings (SSSR count). The molecule has 0 spiro atoms. The van der Waals surface area contributed by atoms with Crippen molar-refractivity contribution >= 4 is 11.3 Å². The molecule has 4 unspecified atom stereocenters. The molecular formula is C15H24N2OS. The third kappa shape index (κ3) is 2.58. The number of fused-ring (bicyclic) bond motifs is 2. The van der Waals surface area contributed by atoms with Crippen LogP contribution in [-0.4, -0.2) is 23.7 Å². The molecule has 1 N–H and O–H groups in total. The number of aryl methyl sites for hydroxylation is 1. The molecule has 2 fully saturated rings. The van der Waals surface area contributed by atoms with E-state index in [2.05, 4.69) is 26.1 Å². The Hall–Kier alpha value is -0.450. The van der Waals surface area contributed by atoms with Gasteiger partial charge in [0.25, 0.3) is 0 Å². The van der Waals surface area contributed by atoms with Gasteiger partial charge >= 0.3 is 0 Å². The maximum absolute atomic E-state index is 5.96. The van der Waals surface area contributed by atoms with E-state index in [-0.39, 0.29) is 0 Å². The van der Waals surface area contributed by atoms with E-state index in [1.54, 1.807) is 0 Å². The van der Waals surface area contributed by atoms with Gasteiger partial charge in [-0.3, -0.25) is 0 Å². The maximum atomic E-state index is 5.96. The predicted molar refractivity (Wildman–Crippen MR) is 78.8 cm³/mol. The van der Waals surface area contributed by atoms with Crippen molar-refractivity contribution in [3.63, 3.8) is 0 Å². The minimum Gasteiger partial charge on any atom is -0.374 e. The molecule has 2 aliphatic rings. The summed E-state index contributed by atoms with van der Waals surface area (Å²) in [6.45, 7) is 7.67. The molecule has 0 aromatic carbocycles. The van der Waals surface area contributed by atoms with E-state index in [0.29, 0.717) is 24.2 Å². The van der Waals surface area contributed by atoms with Gasteiger partial charge in [-0.15, -0.1) is 11.3 Å². The Morgan fingerprint density at radius 3 is 2.95 bits per heavy atom. The fraction of sp³-hybridized carbons (Fsp3) is 0.800. The van der Waals surface area contributed by atoms with Crippen molar-refractivity contribution in [2.45, 2.75) is 70.6 Å². The topological polar surface area (TPSA) is 34.1 Å². The summed E-state index contributed by atoms with van der Waals surface area (Å²) >= 11 is 1.90. The molecule has 19 heavy (non-hydrogen) atoms. The maximum Gasteiger partial charge on any atom is 0.0989 e.